The Balaban J connectivity index is 2.77. The number of nitriles is 1. The van der Waals surface area contributed by atoms with E-state index < -0.39 is 50.3 Å². The Hall–Kier alpha value is -1.51. The van der Waals surface area contributed by atoms with Crippen LogP contribution in [-0.2, 0) is 6.18 Å². The van der Waals surface area contributed by atoms with Crippen molar-refractivity contribution in [2.75, 3.05) is 5.73 Å². The Labute approximate surface area is 154 Å². The maximum atomic E-state index is 13.0. The van der Waals surface area contributed by atoms with Crippen LogP contribution in [-0.4, -0.2) is 10.1 Å². The molecule has 2 rings (SSSR count). The van der Waals surface area contributed by atoms with Gasteiger partial charge in [0.1, 0.15) is 22.1 Å². The van der Waals surface area contributed by atoms with E-state index in [9.17, 15) is 26.3 Å². The molecule has 1 aromatic carbocycles. The zero-order valence-electron chi connectivity index (χ0n) is 11.6. The van der Waals surface area contributed by atoms with Gasteiger partial charge in [0.25, 0.3) is 0 Å². The lowest BCUT2D eigenvalue weighted by Gasteiger charge is -2.15. The molecule has 2 aromatic rings. The van der Waals surface area contributed by atoms with Crippen molar-refractivity contribution >= 4 is 45.1 Å². The third-order valence-electron chi connectivity index (χ3n) is 2.96. The van der Waals surface area contributed by atoms with Crippen molar-refractivity contribution < 1.29 is 26.3 Å². The molecule has 0 saturated heterocycles. The number of alkyl halides is 6. The van der Waals surface area contributed by atoms with Crippen LogP contribution in [0.4, 0.5) is 32.2 Å². The average Bonchev–Trinajstić information content (AvgIpc) is 2.67. The summed E-state index contributed by atoms with van der Waals surface area (Å²) in [5.41, 5.74) is -1.04. The minimum absolute atomic E-state index is 0.236. The van der Waals surface area contributed by atoms with Crippen LogP contribution in [0.15, 0.2) is 27.7 Å². The van der Waals surface area contributed by atoms with Crippen molar-refractivity contribution in [3.63, 3.8) is 0 Å². The van der Waals surface area contributed by atoms with Gasteiger partial charge in [-0.2, -0.15) is 31.6 Å². The first-order chi connectivity index (χ1) is 11.4. The first-order valence-electron chi connectivity index (χ1n) is 6.10. The molecule has 3 nitrogen and oxygen atoms in total. The fourth-order valence-corrected chi connectivity index (χ4v) is 3.79. The summed E-state index contributed by atoms with van der Waals surface area (Å²) in [7, 11) is 0. The minimum atomic E-state index is -4.77. The molecular weight excluding hydrogens is 460 g/mol. The fourth-order valence-electron chi connectivity index (χ4n) is 2.00. The average molecular weight is 465 g/mol. The van der Waals surface area contributed by atoms with E-state index in [1.54, 1.807) is 6.07 Å². The maximum absolute atomic E-state index is 13.0. The van der Waals surface area contributed by atoms with Gasteiger partial charge in [0.2, 0.25) is 0 Å². The third kappa shape index (κ3) is 3.86. The summed E-state index contributed by atoms with van der Waals surface area (Å²) in [6, 6.07) is 4.43. The van der Waals surface area contributed by atoms with E-state index in [2.05, 4.69) is 15.9 Å². The van der Waals surface area contributed by atoms with Gasteiger partial charge < -0.3 is 5.73 Å². The molecule has 0 saturated carbocycles. The number of thioether (sulfide) groups is 1. The number of nitrogens with zero attached hydrogens (tertiary/aromatic N) is 2. The highest BCUT2D eigenvalue weighted by atomic mass is 79.9. The SMILES string of the molecule is N#Cc1c(SC(F)(F)F)c(N)n(-c2cccc(C(F)(F)F)c2Cl)c1Br. The van der Waals surface area contributed by atoms with Crippen LogP contribution >= 0.6 is 39.3 Å². The smallest absolute Gasteiger partial charge is 0.384 e. The van der Waals surface area contributed by atoms with Gasteiger partial charge in [0.15, 0.2) is 0 Å². The van der Waals surface area contributed by atoms with E-state index in [1.165, 1.54) is 0 Å². The summed E-state index contributed by atoms with van der Waals surface area (Å²) in [4.78, 5) is -0.629. The molecule has 25 heavy (non-hydrogen) atoms. The quantitative estimate of drug-likeness (QED) is 0.440. The minimum Gasteiger partial charge on any atom is -0.384 e. The Kier molecular flexibility index (Phi) is 5.28. The first kappa shape index (κ1) is 19.8. The molecule has 1 aromatic heterocycles. The number of nitrogens with two attached hydrogens (primary N) is 1. The normalized spacial score (nSPS) is 12.3. The number of halogens is 8. The molecule has 0 aliphatic carbocycles. The van der Waals surface area contributed by atoms with Gasteiger partial charge >= 0.3 is 11.7 Å². The van der Waals surface area contributed by atoms with E-state index in [4.69, 9.17) is 22.6 Å². The Morgan fingerprint density at radius 2 is 1.80 bits per heavy atom. The monoisotopic (exact) mass is 463 g/mol. The van der Waals surface area contributed by atoms with E-state index in [0.717, 1.165) is 22.8 Å². The molecule has 0 fully saturated rings. The molecule has 1 heterocycles. The van der Waals surface area contributed by atoms with Crippen LogP contribution in [0, 0.1) is 11.3 Å². The summed E-state index contributed by atoms with van der Waals surface area (Å²) in [5.74, 6) is -0.563. The first-order valence-corrected chi connectivity index (χ1v) is 8.08. The van der Waals surface area contributed by atoms with Crippen molar-refractivity contribution in [1.82, 2.24) is 4.57 Å². The van der Waals surface area contributed by atoms with Crippen LogP contribution in [0.2, 0.25) is 5.02 Å². The number of hydrogen-bond donors (Lipinski definition) is 1. The highest BCUT2D eigenvalue weighted by Gasteiger charge is 2.37. The predicted octanol–water partition coefficient (Wildman–Crippen LogP) is 5.98. The molecule has 0 radical (unpaired) electrons. The van der Waals surface area contributed by atoms with Crippen LogP contribution < -0.4 is 5.73 Å². The van der Waals surface area contributed by atoms with Gasteiger partial charge in [-0.25, -0.2) is 0 Å². The molecule has 0 bridgehead atoms. The zero-order valence-corrected chi connectivity index (χ0v) is 14.8. The predicted molar refractivity (Wildman–Crippen MR) is 84.5 cm³/mol. The van der Waals surface area contributed by atoms with Crippen LogP contribution in [0.1, 0.15) is 11.1 Å². The summed E-state index contributed by atoms with van der Waals surface area (Å²) in [6.07, 6.45) is -4.77. The van der Waals surface area contributed by atoms with Gasteiger partial charge in [0, 0.05) is 0 Å². The molecule has 0 amide bonds. The van der Waals surface area contributed by atoms with Crippen LogP contribution in [0.3, 0.4) is 0 Å². The summed E-state index contributed by atoms with van der Waals surface area (Å²) < 4.78 is 77.6. The molecule has 134 valence electrons. The second-order valence-corrected chi connectivity index (χ2v) is 6.72. The lowest BCUT2D eigenvalue weighted by Crippen LogP contribution is -2.09. The molecule has 12 heteroatoms. The number of benzene rings is 1. The Morgan fingerprint density at radius 1 is 1.20 bits per heavy atom. The molecule has 0 aliphatic heterocycles. The Bertz CT molecular complexity index is 869. The number of rotatable bonds is 2. The Morgan fingerprint density at radius 3 is 2.28 bits per heavy atom. The van der Waals surface area contributed by atoms with E-state index in [0.29, 0.717) is 0 Å². The highest BCUT2D eigenvalue weighted by molar-refractivity contribution is 9.10. The lowest BCUT2D eigenvalue weighted by molar-refractivity contribution is -0.137. The molecular formula is C13H5BrClF6N3S. The highest BCUT2D eigenvalue weighted by Crippen LogP contribution is 2.47. The molecule has 2 N–H and O–H groups in total. The van der Waals surface area contributed by atoms with Gasteiger partial charge in [-0.1, -0.05) is 17.7 Å². The lowest BCUT2D eigenvalue weighted by atomic mass is 10.2. The van der Waals surface area contributed by atoms with Crippen molar-refractivity contribution in [1.29, 1.82) is 5.26 Å². The van der Waals surface area contributed by atoms with E-state index in [-0.39, 0.29) is 10.3 Å². The zero-order chi connectivity index (χ0) is 19.2. The number of anilines is 1. The fraction of sp³-hybridized carbons (Fsp3) is 0.154. The largest absolute Gasteiger partial charge is 0.446 e. The topological polar surface area (TPSA) is 54.7 Å². The van der Waals surface area contributed by atoms with Gasteiger partial charge in [0.05, 0.1) is 21.2 Å². The maximum Gasteiger partial charge on any atom is 0.446 e. The summed E-state index contributed by atoms with van der Waals surface area (Å²) in [5, 5.41) is 8.33. The molecule has 0 unspecified atom stereocenters. The van der Waals surface area contributed by atoms with Gasteiger partial charge in [-0.3, -0.25) is 4.57 Å². The van der Waals surface area contributed by atoms with Gasteiger partial charge in [-0.05, 0) is 39.8 Å². The number of aromatic nitrogens is 1. The van der Waals surface area contributed by atoms with Crippen LogP contribution in [0.25, 0.3) is 5.69 Å². The van der Waals surface area contributed by atoms with Crippen molar-refractivity contribution in [2.24, 2.45) is 0 Å². The second kappa shape index (κ2) is 6.66. The standard InChI is InChI=1S/C13H5BrClF6N3S/c14-10-5(4-22)9(25-13(19,20)21)11(23)24(10)7-3-1-2-6(8(7)15)12(16,17)18/h1-3H,23H2. The van der Waals surface area contributed by atoms with E-state index >= 15 is 0 Å². The van der Waals surface area contributed by atoms with Crippen molar-refractivity contribution in [2.45, 2.75) is 16.6 Å². The molecule has 0 spiro atoms. The summed E-state index contributed by atoms with van der Waals surface area (Å²) >= 11 is 8.05. The molecule has 0 atom stereocenters. The summed E-state index contributed by atoms with van der Waals surface area (Å²) in [6.45, 7) is 0. The van der Waals surface area contributed by atoms with Crippen LogP contribution in [0.5, 0.6) is 0 Å². The van der Waals surface area contributed by atoms with Gasteiger partial charge in [-0.15, -0.1) is 0 Å². The second-order valence-electron chi connectivity index (χ2n) is 4.51. The van der Waals surface area contributed by atoms with E-state index in [1.807, 2.05) is 0 Å². The number of hydrogen-bond acceptors (Lipinski definition) is 3. The van der Waals surface area contributed by atoms with Crippen molar-refractivity contribution in [3.8, 4) is 11.8 Å². The third-order valence-corrected chi connectivity index (χ3v) is 4.95. The molecule has 0 aliphatic rings. The van der Waals surface area contributed by atoms with Crippen molar-refractivity contribution in [3.05, 3.63) is 39.0 Å². The number of nitrogen functional groups attached to an aromatic ring is 1.